The molecule has 36 heavy (non-hydrogen) atoms. The summed E-state index contributed by atoms with van der Waals surface area (Å²) in [6.07, 6.45) is 3.16. The van der Waals surface area contributed by atoms with Gasteiger partial charge in [0.15, 0.2) is 0 Å². The predicted octanol–water partition coefficient (Wildman–Crippen LogP) is 6.03. The van der Waals surface area contributed by atoms with Gasteiger partial charge in [-0.3, -0.25) is 0 Å². The van der Waals surface area contributed by atoms with E-state index < -0.39 is 12.1 Å². The third kappa shape index (κ3) is 5.44. The Labute approximate surface area is 211 Å². The number of fused-ring (bicyclic) bond motifs is 2. The van der Waals surface area contributed by atoms with Crippen LogP contribution in [0.15, 0.2) is 86.0 Å². The number of aliphatic hydroxyl groups is 1. The van der Waals surface area contributed by atoms with Crippen molar-refractivity contribution in [3.63, 3.8) is 0 Å². The number of rotatable bonds is 11. The maximum Gasteiger partial charge on any atom is 0.338 e. The van der Waals surface area contributed by atoms with E-state index in [-0.39, 0.29) is 12.5 Å². The molecule has 0 spiro atoms. The van der Waals surface area contributed by atoms with E-state index in [1.165, 1.54) is 0 Å². The number of benzene rings is 3. The fourth-order valence-corrected chi connectivity index (χ4v) is 4.10. The molecule has 186 valence electrons. The number of hydrogen-bond donors (Lipinski definition) is 1. The van der Waals surface area contributed by atoms with E-state index in [9.17, 15) is 9.90 Å². The Morgan fingerprint density at radius 2 is 1.53 bits per heavy atom. The number of ether oxygens (including phenoxy) is 4. The van der Waals surface area contributed by atoms with Crippen molar-refractivity contribution in [2.24, 2.45) is 0 Å². The molecule has 1 aliphatic rings. The van der Waals surface area contributed by atoms with E-state index >= 15 is 0 Å². The van der Waals surface area contributed by atoms with Crippen LogP contribution in [0.25, 0.3) is 0 Å². The average Bonchev–Trinajstić information content (AvgIpc) is 2.91. The highest BCUT2D eigenvalue weighted by Gasteiger charge is 2.32. The molecule has 0 saturated carbocycles. The fraction of sp³-hybridized carbons (Fsp3) is 0.233. The Kier molecular flexibility index (Phi) is 8.08. The van der Waals surface area contributed by atoms with Gasteiger partial charge >= 0.3 is 5.97 Å². The quantitative estimate of drug-likeness (QED) is 0.206. The molecule has 1 aliphatic heterocycles. The molecule has 0 amide bonds. The molecule has 0 bridgehead atoms. The number of carbonyl (C=O) groups excluding carboxylic acids is 1. The van der Waals surface area contributed by atoms with Gasteiger partial charge in [-0.15, -0.1) is 0 Å². The van der Waals surface area contributed by atoms with Crippen molar-refractivity contribution >= 4 is 5.97 Å². The zero-order valence-corrected chi connectivity index (χ0v) is 20.3. The molecular formula is C30H30O6. The molecule has 1 atom stereocenters. The summed E-state index contributed by atoms with van der Waals surface area (Å²) in [5.74, 6) is 1.77. The Morgan fingerprint density at radius 3 is 2.08 bits per heavy atom. The van der Waals surface area contributed by atoms with Gasteiger partial charge in [-0.2, -0.15) is 0 Å². The number of aliphatic hydroxyl groups excluding tert-OH is 1. The van der Waals surface area contributed by atoms with Crippen molar-refractivity contribution in [2.75, 3.05) is 19.8 Å². The summed E-state index contributed by atoms with van der Waals surface area (Å²) in [6.45, 7) is 9.92. The van der Waals surface area contributed by atoms with E-state index in [1.54, 1.807) is 24.3 Å². The molecule has 1 N–H and O–H groups in total. The van der Waals surface area contributed by atoms with Gasteiger partial charge in [-0.05, 0) is 30.2 Å². The van der Waals surface area contributed by atoms with Gasteiger partial charge < -0.3 is 24.1 Å². The van der Waals surface area contributed by atoms with Crippen molar-refractivity contribution in [1.29, 1.82) is 0 Å². The minimum absolute atomic E-state index is 0.0569. The minimum atomic E-state index is -0.700. The highest BCUT2D eigenvalue weighted by Crippen LogP contribution is 2.50. The highest BCUT2D eigenvalue weighted by atomic mass is 16.5. The summed E-state index contributed by atoms with van der Waals surface area (Å²) in [5, 5.41) is 9.88. The lowest BCUT2D eigenvalue weighted by molar-refractivity contribution is 0.0249. The molecule has 0 radical (unpaired) electrons. The Morgan fingerprint density at radius 1 is 0.944 bits per heavy atom. The molecule has 6 nitrogen and oxygen atoms in total. The van der Waals surface area contributed by atoms with Gasteiger partial charge in [-0.1, -0.05) is 62.6 Å². The van der Waals surface area contributed by atoms with Crippen molar-refractivity contribution in [1.82, 2.24) is 0 Å². The maximum absolute atomic E-state index is 13.1. The van der Waals surface area contributed by atoms with Crippen LogP contribution in [0.5, 0.6) is 23.0 Å². The molecule has 3 aromatic carbocycles. The first kappa shape index (κ1) is 25.1. The van der Waals surface area contributed by atoms with E-state index in [0.29, 0.717) is 48.2 Å². The van der Waals surface area contributed by atoms with Gasteiger partial charge in [-0.25, -0.2) is 4.79 Å². The monoisotopic (exact) mass is 486 g/mol. The molecule has 3 aromatic rings. The number of hydrogen-bond acceptors (Lipinski definition) is 6. The summed E-state index contributed by atoms with van der Waals surface area (Å²) in [7, 11) is 0. The summed E-state index contributed by atoms with van der Waals surface area (Å²) in [5.41, 5.74) is 2.99. The molecule has 0 saturated heterocycles. The van der Waals surface area contributed by atoms with Crippen LogP contribution < -0.4 is 14.2 Å². The zero-order chi connectivity index (χ0) is 25.5. The summed E-state index contributed by atoms with van der Waals surface area (Å²) < 4.78 is 23.2. The summed E-state index contributed by atoms with van der Waals surface area (Å²) in [6, 6.07) is 18.7. The number of esters is 1. The van der Waals surface area contributed by atoms with Crippen molar-refractivity contribution in [3.05, 3.63) is 108 Å². The SMILES string of the molecule is C=CCOc1ccc2c(c1)Oc1cc(OCC=C)ccc1C2c1ccccc1C(=O)OCC(O)CC. The van der Waals surface area contributed by atoms with Crippen molar-refractivity contribution in [3.8, 4) is 23.0 Å². The van der Waals surface area contributed by atoms with Crippen molar-refractivity contribution in [2.45, 2.75) is 25.4 Å². The van der Waals surface area contributed by atoms with Gasteiger partial charge in [0.05, 0.1) is 11.7 Å². The first-order valence-electron chi connectivity index (χ1n) is 11.9. The molecule has 6 heteroatoms. The van der Waals surface area contributed by atoms with E-state index in [0.717, 1.165) is 16.7 Å². The zero-order valence-electron chi connectivity index (χ0n) is 20.3. The lowest BCUT2D eigenvalue weighted by Crippen LogP contribution is -2.20. The molecule has 0 aliphatic carbocycles. The van der Waals surface area contributed by atoms with Gasteiger partial charge in [0.1, 0.15) is 42.8 Å². The fourth-order valence-electron chi connectivity index (χ4n) is 4.10. The molecule has 4 rings (SSSR count). The topological polar surface area (TPSA) is 74.2 Å². The molecule has 0 aromatic heterocycles. The van der Waals surface area contributed by atoms with E-state index in [4.69, 9.17) is 18.9 Å². The Bertz CT molecular complexity index is 1190. The average molecular weight is 487 g/mol. The Balaban J connectivity index is 1.80. The third-order valence-corrected chi connectivity index (χ3v) is 5.92. The van der Waals surface area contributed by atoms with Crippen LogP contribution in [0, 0.1) is 0 Å². The van der Waals surface area contributed by atoms with Crippen LogP contribution in [-0.2, 0) is 4.74 Å². The van der Waals surface area contributed by atoms with Gasteiger partial charge in [0.25, 0.3) is 0 Å². The largest absolute Gasteiger partial charge is 0.489 e. The first-order valence-corrected chi connectivity index (χ1v) is 11.9. The summed E-state index contributed by atoms with van der Waals surface area (Å²) >= 11 is 0. The second-order valence-electron chi connectivity index (χ2n) is 8.38. The molecule has 0 fully saturated rings. The van der Waals surface area contributed by atoms with Crippen molar-refractivity contribution < 1.29 is 28.8 Å². The van der Waals surface area contributed by atoms with E-state index in [2.05, 4.69) is 13.2 Å². The smallest absolute Gasteiger partial charge is 0.338 e. The van der Waals surface area contributed by atoms with Crippen LogP contribution in [0.3, 0.4) is 0 Å². The van der Waals surface area contributed by atoms with Crippen LogP contribution >= 0.6 is 0 Å². The van der Waals surface area contributed by atoms with Gasteiger partial charge in [0.2, 0.25) is 0 Å². The van der Waals surface area contributed by atoms with E-state index in [1.807, 2.05) is 55.5 Å². The first-order chi connectivity index (χ1) is 17.5. The molecule has 1 unspecified atom stereocenters. The minimum Gasteiger partial charge on any atom is -0.489 e. The van der Waals surface area contributed by atoms with Crippen LogP contribution in [-0.4, -0.2) is 37.0 Å². The highest BCUT2D eigenvalue weighted by molar-refractivity contribution is 5.92. The predicted molar refractivity (Wildman–Crippen MR) is 138 cm³/mol. The summed E-state index contributed by atoms with van der Waals surface area (Å²) in [4.78, 5) is 13.1. The van der Waals surface area contributed by atoms with Crippen LogP contribution in [0.4, 0.5) is 0 Å². The second kappa shape index (κ2) is 11.6. The maximum atomic E-state index is 13.1. The van der Waals surface area contributed by atoms with Crippen LogP contribution in [0.1, 0.15) is 46.3 Å². The Hall–Kier alpha value is -4.03. The second-order valence-corrected chi connectivity index (χ2v) is 8.38. The lowest BCUT2D eigenvalue weighted by Gasteiger charge is -2.30. The third-order valence-electron chi connectivity index (χ3n) is 5.92. The van der Waals surface area contributed by atoms with Gasteiger partial charge in [0, 0.05) is 29.2 Å². The normalized spacial score (nSPS) is 12.9. The molecular weight excluding hydrogens is 456 g/mol. The standard InChI is InChI=1S/C30H30O6/c1-4-15-33-21-11-13-25-27(17-21)36-28-18-22(34-16-5-2)12-14-26(28)29(25)23-9-7-8-10-24(23)30(32)35-19-20(31)6-3/h4-5,7-14,17-18,20,29,31H,1-2,6,15-16,19H2,3H3. The van der Waals surface area contributed by atoms with Crippen LogP contribution in [0.2, 0.25) is 0 Å². The lowest BCUT2D eigenvalue weighted by atomic mass is 9.80. The molecule has 1 heterocycles. The number of carbonyl (C=O) groups is 1.